The molecule has 2 aromatic heterocycles. The number of rotatable bonds is 2. The van der Waals surface area contributed by atoms with Gasteiger partial charge in [0.2, 0.25) is 0 Å². The lowest BCUT2D eigenvalue weighted by Crippen LogP contribution is -2.60. The molecule has 1 fully saturated rings. The highest BCUT2D eigenvalue weighted by molar-refractivity contribution is 8.01. The van der Waals surface area contributed by atoms with Crippen molar-refractivity contribution in [3.8, 4) is 11.3 Å². The van der Waals surface area contributed by atoms with Crippen LogP contribution in [0.4, 0.5) is 5.82 Å². The zero-order chi connectivity index (χ0) is 15.2. The van der Waals surface area contributed by atoms with Crippen LogP contribution in [0.15, 0.2) is 29.4 Å². The van der Waals surface area contributed by atoms with Gasteiger partial charge < -0.3 is 10.1 Å². The van der Waals surface area contributed by atoms with Crippen molar-refractivity contribution in [3.05, 3.63) is 24.5 Å². The van der Waals surface area contributed by atoms with E-state index in [0.717, 1.165) is 35.1 Å². The summed E-state index contributed by atoms with van der Waals surface area (Å²) in [6, 6.07) is 4.08. The first-order valence-electron chi connectivity index (χ1n) is 7.23. The van der Waals surface area contributed by atoms with Crippen LogP contribution in [-0.4, -0.2) is 51.1 Å². The fraction of sp³-hybridized carbons (Fsp3) is 0.429. The van der Waals surface area contributed by atoms with Gasteiger partial charge in [0, 0.05) is 31.9 Å². The zero-order valence-corrected chi connectivity index (χ0v) is 13.1. The molecule has 0 bridgehead atoms. The van der Waals surface area contributed by atoms with Crippen LogP contribution in [0.25, 0.3) is 11.3 Å². The molecule has 4 heterocycles. The van der Waals surface area contributed by atoms with E-state index in [1.165, 1.54) is 0 Å². The van der Waals surface area contributed by atoms with E-state index < -0.39 is 5.12 Å². The molecule has 0 amide bonds. The molecular formula is C14H18N6OS. The predicted molar refractivity (Wildman–Crippen MR) is 85.2 cm³/mol. The molecule has 1 saturated heterocycles. The number of nitrogens with one attached hydrogen (secondary N) is 1. The number of nitrogens with zero attached hydrogens (tertiary/aromatic N) is 4. The minimum Gasteiger partial charge on any atom is -0.379 e. The number of hydrogen-bond donors (Lipinski definition) is 2. The van der Waals surface area contributed by atoms with Crippen molar-refractivity contribution in [2.75, 3.05) is 31.6 Å². The number of nitrogens with two attached hydrogens (primary N) is 1. The molecular weight excluding hydrogens is 300 g/mol. The van der Waals surface area contributed by atoms with Crippen molar-refractivity contribution in [2.45, 2.75) is 10.0 Å². The van der Waals surface area contributed by atoms with Crippen molar-refractivity contribution in [2.24, 2.45) is 12.8 Å². The van der Waals surface area contributed by atoms with Crippen LogP contribution in [0.2, 0.25) is 0 Å². The number of ether oxygens (including phenoxy) is 1. The summed E-state index contributed by atoms with van der Waals surface area (Å²) in [5, 5.41) is 6.92. The first kappa shape index (κ1) is 14.0. The highest BCUT2D eigenvalue weighted by atomic mass is 32.2. The van der Waals surface area contributed by atoms with Crippen molar-refractivity contribution in [1.82, 2.24) is 19.7 Å². The molecule has 8 heteroatoms. The maximum atomic E-state index is 6.54. The first-order valence-corrected chi connectivity index (χ1v) is 8.05. The van der Waals surface area contributed by atoms with E-state index in [1.54, 1.807) is 16.4 Å². The third kappa shape index (κ3) is 2.38. The Kier molecular flexibility index (Phi) is 3.33. The highest BCUT2D eigenvalue weighted by Gasteiger charge is 2.41. The Bertz CT molecular complexity index is 698. The summed E-state index contributed by atoms with van der Waals surface area (Å²) in [4.78, 5) is 7.98. The molecule has 2 aliphatic rings. The number of hydrogen-bond acceptors (Lipinski definition) is 7. The number of morpholine rings is 1. The van der Waals surface area contributed by atoms with Gasteiger partial charge >= 0.3 is 0 Å². The molecule has 116 valence electrons. The summed E-state index contributed by atoms with van der Waals surface area (Å²) in [7, 11) is 1.90. The summed E-state index contributed by atoms with van der Waals surface area (Å²) >= 11 is 1.61. The molecule has 0 aliphatic carbocycles. The zero-order valence-electron chi connectivity index (χ0n) is 12.3. The summed E-state index contributed by atoms with van der Waals surface area (Å²) in [6.45, 7) is 3.07. The number of anilines is 1. The van der Waals surface area contributed by atoms with Crippen molar-refractivity contribution < 1.29 is 4.74 Å². The Morgan fingerprint density at radius 2 is 2.18 bits per heavy atom. The van der Waals surface area contributed by atoms with Crippen LogP contribution in [0, 0.1) is 0 Å². The van der Waals surface area contributed by atoms with E-state index >= 15 is 0 Å². The summed E-state index contributed by atoms with van der Waals surface area (Å²) in [6.07, 6.45) is 3.77. The molecule has 4 rings (SSSR count). The molecule has 3 N–H and O–H groups in total. The van der Waals surface area contributed by atoms with Gasteiger partial charge in [-0.15, -0.1) is 0 Å². The van der Waals surface area contributed by atoms with E-state index in [-0.39, 0.29) is 0 Å². The summed E-state index contributed by atoms with van der Waals surface area (Å²) in [5.74, 6) is 0.834. The van der Waals surface area contributed by atoms with Crippen LogP contribution in [0.1, 0.15) is 0 Å². The van der Waals surface area contributed by atoms with Crippen molar-refractivity contribution >= 4 is 17.6 Å². The predicted octanol–water partition coefficient (Wildman–Crippen LogP) is 0.902. The van der Waals surface area contributed by atoms with Gasteiger partial charge in [-0.1, -0.05) is 11.8 Å². The molecule has 1 atom stereocenters. The summed E-state index contributed by atoms with van der Waals surface area (Å²) < 4.78 is 7.17. The van der Waals surface area contributed by atoms with Gasteiger partial charge in [0.1, 0.15) is 5.82 Å². The fourth-order valence-electron chi connectivity index (χ4n) is 2.73. The van der Waals surface area contributed by atoms with E-state index in [4.69, 9.17) is 15.5 Å². The lowest BCUT2D eigenvalue weighted by Gasteiger charge is -2.39. The second-order valence-electron chi connectivity index (χ2n) is 5.47. The Labute approximate surface area is 132 Å². The van der Waals surface area contributed by atoms with E-state index in [2.05, 4.69) is 21.4 Å². The molecule has 7 nitrogen and oxygen atoms in total. The van der Waals surface area contributed by atoms with Crippen LogP contribution in [-0.2, 0) is 11.8 Å². The van der Waals surface area contributed by atoms with Gasteiger partial charge in [-0.3, -0.25) is 15.3 Å². The minimum absolute atomic E-state index is 0.646. The molecule has 1 unspecified atom stereocenters. The Hall–Kier alpha value is -1.61. The second-order valence-corrected chi connectivity index (χ2v) is 6.74. The Balaban J connectivity index is 1.61. The molecule has 2 aliphatic heterocycles. The fourth-order valence-corrected chi connectivity index (χ4v) is 3.86. The van der Waals surface area contributed by atoms with E-state index in [0.29, 0.717) is 13.2 Å². The number of pyridine rings is 1. The maximum Gasteiger partial charge on any atom is 0.200 e. The van der Waals surface area contributed by atoms with Crippen molar-refractivity contribution in [1.29, 1.82) is 0 Å². The third-order valence-electron chi connectivity index (χ3n) is 3.90. The SMILES string of the molecule is Cn1cc(-c2ccc3c(n2)NC(N)(N2CCOCC2)S3)cn1. The standard InChI is InChI=1S/C14H18N6OS/c1-19-9-10(8-16-19)11-2-3-12-13(17-11)18-14(15,22-12)20-4-6-21-7-5-20/h2-3,8-9H,4-7,15H2,1H3,(H,17,18). The third-order valence-corrected chi connectivity index (χ3v) is 5.12. The minimum atomic E-state index is -0.646. The van der Waals surface area contributed by atoms with Crippen LogP contribution in [0.3, 0.4) is 0 Å². The van der Waals surface area contributed by atoms with Crippen LogP contribution in [0.5, 0.6) is 0 Å². The second kappa shape index (κ2) is 5.24. The molecule has 0 aromatic carbocycles. The molecule has 0 saturated carbocycles. The Morgan fingerprint density at radius 3 is 2.91 bits per heavy atom. The van der Waals surface area contributed by atoms with E-state index in [1.807, 2.05) is 25.5 Å². The van der Waals surface area contributed by atoms with Gasteiger partial charge in [0.15, 0.2) is 5.12 Å². The topological polar surface area (TPSA) is 81.2 Å². The molecule has 22 heavy (non-hydrogen) atoms. The number of aryl methyl sites for hydroxylation is 1. The van der Waals surface area contributed by atoms with Crippen molar-refractivity contribution in [3.63, 3.8) is 0 Å². The first-order chi connectivity index (χ1) is 10.6. The maximum absolute atomic E-state index is 6.54. The molecule has 0 spiro atoms. The van der Waals surface area contributed by atoms with Gasteiger partial charge in [0.25, 0.3) is 0 Å². The van der Waals surface area contributed by atoms with E-state index in [9.17, 15) is 0 Å². The average molecular weight is 318 g/mol. The highest BCUT2D eigenvalue weighted by Crippen LogP contribution is 2.44. The van der Waals surface area contributed by atoms with Crippen LogP contribution >= 0.6 is 11.8 Å². The number of aromatic nitrogens is 3. The number of thioether (sulfide) groups is 1. The van der Waals surface area contributed by atoms with Crippen LogP contribution < -0.4 is 11.1 Å². The lowest BCUT2D eigenvalue weighted by atomic mass is 10.2. The molecule has 2 aromatic rings. The molecule has 0 radical (unpaired) electrons. The quantitative estimate of drug-likeness (QED) is 0.851. The van der Waals surface area contributed by atoms with Gasteiger partial charge in [0.05, 0.1) is 30.0 Å². The van der Waals surface area contributed by atoms with Gasteiger partial charge in [-0.25, -0.2) is 4.98 Å². The average Bonchev–Trinajstić information content (AvgIpc) is 3.11. The normalized spacial score (nSPS) is 25.0. The monoisotopic (exact) mass is 318 g/mol. The largest absolute Gasteiger partial charge is 0.379 e. The Morgan fingerprint density at radius 1 is 1.36 bits per heavy atom. The van der Waals surface area contributed by atoms with Gasteiger partial charge in [-0.2, -0.15) is 5.10 Å². The summed E-state index contributed by atoms with van der Waals surface area (Å²) in [5.41, 5.74) is 8.44. The lowest BCUT2D eigenvalue weighted by molar-refractivity contribution is 0.0157. The van der Waals surface area contributed by atoms with Gasteiger partial charge in [-0.05, 0) is 12.1 Å². The smallest absolute Gasteiger partial charge is 0.200 e. The number of fused-ring (bicyclic) bond motifs is 1.